The number of carbonyl (C=O) groups is 2. The molecule has 2 aromatic rings. The van der Waals surface area contributed by atoms with E-state index in [-0.39, 0.29) is 17.3 Å². The lowest BCUT2D eigenvalue weighted by molar-refractivity contribution is -0.274. The summed E-state index contributed by atoms with van der Waals surface area (Å²) in [5, 5.41) is 2.76. The smallest absolute Gasteiger partial charge is 0.406 e. The summed E-state index contributed by atoms with van der Waals surface area (Å²) >= 11 is 5.44. The van der Waals surface area contributed by atoms with Crippen molar-refractivity contribution in [2.24, 2.45) is 0 Å². The standard InChI is InChI=1S/C22H21ClF5N3O4/c1-21(13-10-14(24)12-29-11-13,20(33)30-15-6-8-34-9-7-15)31(19(32)18(23)25)16-2-4-17(5-3-16)35-22(26,27)28/h2-5,10-12,15,18H,6-9H2,1H3,(H,30,33)/t18-,21?/m0/s1. The summed E-state index contributed by atoms with van der Waals surface area (Å²) in [6.07, 6.45) is -2.06. The van der Waals surface area contributed by atoms with Gasteiger partial charge in [-0.25, -0.2) is 8.78 Å². The number of hydrogen-bond donors (Lipinski definition) is 1. The van der Waals surface area contributed by atoms with Crippen LogP contribution in [0.2, 0.25) is 0 Å². The highest BCUT2D eigenvalue weighted by atomic mass is 35.5. The van der Waals surface area contributed by atoms with Gasteiger partial charge in [0, 0.05) is 36.7 Å². The molecule has 0 saturated carbocycles. The van der Waals surface area contributed by atoms with Gasteiger partial charge in [0.2, 0.25) is 0 Å². The first-order valence-corrected chi connectivity index (χ1v) is 10.8. The summed E-state index contributed by atoms with van der Waals surface area (Å²) in [5.41, 5.74) is -5.04. The van der Waals surface area contributed by atoms with Crippen LogP contribution in [-0.4, -0.2) is 48.0 Å². The van der Waals surface area contributed by atoms with Gasteiger partial charge in [-0.1, -0.05) is 11.6 Å². The number of aromatic nitrogens is 1. The summed E-state index contributed by atoms with van der Waals surface area (Å²) in [6, 6.07) is 4.39. The number of pyridine rings is 1. The molecule has 1 saturated heterocycles. The predicted molar refractivity (Wildman–Crippen MR) is 115 cm³/mol. The average molecular weight is 522 g/mol. The minimum atomic E-state index is -4.97. The normalized spacial score (nSPS) is 17.2. The molecule has 7 nitrogen and oxygen atoms in total. The molecule has 1 aliphatic heterocycles. The van der Waals surface area contributed by atoms with E-state index in [4.69, 9.17) is 16.3 Å². The summed E-state index contributed by atoms with van der Waals surface area (Å²) in [7, 11) is 0. The van der Waals surface area contributed by atoms with Crippen LogP contribution in [0.4, 0.5) is 27.6 Å². The van der Waals surface area contributed by atoms with Gasteiger partial charge >= 0.3 is 6.36 Å². The van der Waals surface area contributed by atoms with Gasteiger partial charge in [0.15, 0.2) is 5.54 Å². The van der Waals surface area contributed by atoms with Crippen molar-refractivity contribution in [2.75, 3.05) is 18.1 Å². The molecule has 0 bridgehead atoms. The number of ether oxygens (including phenoxy) is 2. The molecular weight excluding hydrogens is 501 g/mol. The molecule has 1 N–H and O–H groups in total. The molecule has 190 valence electrons. The maximum atomic E-state index is 14.1. The van der Waals surface area contributed by atoms with E-state index in [1.165, 1.54) is 6.92 Å². The van der Waals surface area contributed by atoms with E-state index >= 15 is 0 Å². The Morgan fingerprint density at radius 1 is 1.20 bits per heavy atom. The molecule has 13 heteroatoms. The van der Waals surface area contributed by atoms with E-state index in [2.05, 4.69) is 15.0 Å². The largest absolute Gasteiger partial charge is 0.573 e. The summed E-state index contributed by atoms with van der Waals surface area (Å²) in [4.78, 5) is 30.9. The fourth-order valence-electron chi connectivity index (χ4n) is 3.71. The van der Waals surface area contributed by atoms with E-state index in [0.29, 0.717) is 31.0 Å². The highest BCUT2D eigenvalue weighted by Gasteiger charge is 2.47. The van der Waals surface area contributed by atoms with Crippen molar-refractivity contribution in [1.29, 1.82) is 0 Å². The monoisotopic (exact) mass is 521 g/mol. The van der Waals surface area contributed by atoms with Crippen LogP contribution in [0.3, 0.4) is 0 Å². The zero-order chi connectivity index (χ0) is 25.8. The molecule has 0 spiro atoms. The van der Waals surface area contributed by atoms with Gasteiger partial charge < -0.3 is 14.8 Å². The van der Waals surface area contributed by atoms with Crippen LogP contribution in [0.5, 0.6) is 5.75 Å². The molecule has 0 radical (unpaired) electrons. The summed E-state index contributed by atoms with van der Waals surface area (Å²) < 4.78 is 75.0. The number of alkyl halides is 5. The minimum absolute atomic E-state index is 0.122. The molecule has 2 heterocycles. The highest BCUT2D eigenvalue weighted by Crippen LogP contribution is 2.37. The number of nitrogens with zero attached hydrogens (tertiary/aromatic N) is 2. The van der Waals surface area contributed by atoms with E-state index in [9.17, 15) is 31.5 Å². The number of halogens is 6. The van der Waals surface area contributed by atoms with Crippen LogP contribution in [0.15, 0.2) is 42.7 Å². The number of anilines is 1. The summed E-state index contributed by atoms with van der Waals surface area (Å²) in [6.45, 7) is 1.98. The second-order valence-corrected chi connectivity index (χ2v) is 8.22. The second kappa shape index (κ2) is 10.7. The zero-order valence-corrected chi connectivity index (χ0v) is 19.1. The maximum absolute atomic E-state index is 14.1. The first-order chi connectivity index (χ1) is 16.4. The van der Waals surface area contributed by atoms with Gasteiger partial charge in [0.1, 0.15) is 11.6 Å². The Bertz CT molecular complexity index is 1050. The minimum Gasteiger partial charge on any atom is -0.406 e. The number of benzene rings is 1. The highest BCUT2D eigenvalue weighted by molar-refractivity contribution is 6.32. The number of amides is 2. The van der Waals surface area contributed by atoms with Crippen molar-refractivity contribution in [3.8, 4) is 5.75 Å². The van der Waals surface area contributed by atoms with Crippen LogP contribution in [0, 0.1) is 5.82 Å². The van der Waals surface area contributed by atoms with Crippen LogP contribution in [0.1, 0.15) is 25.3 Å². The molecule has 1 unspecified atom stereocenters. The Labute approximate surface area is 202 Å². The molecule has 1 aliphatic rings. The number of rotatable bonds is 7. The number of nitrogens with one attached hydrogen (secondary N) is 1. The molecular formula is C22H21ClF5N3O4. The molecule has 3 rings (SSSR count). The molecule has 1 fully saturated rings. The Morgan fingerprint density at radius 2 is 1.83 bits per heavy atom. The van der Waals surface area contributed by atoms with Crippen molar-refractivity contribution < 1.29 is 41.0 Å². The van der Waals surface area contributed by atoms with Gasteiger partial charge in [-0.05, 0) is 50.1 Å². The Kier molecular flexibility index (Phi) is 8.16. The second-order valence-electron chi connectivity index (χ2n) is 7.84. The zero-order valence-electron chi connectivity index (χ0n) is 18.3. The van der Waals surface area contributed by atoms with Crippen LogP contribution >= 0.6 is 11.6 Å². The fraction of sp³-hybridized carbons (Fsp3) is 0.409. The van der Waals surface area contributed by atoms with Crippen LogP contribution in [-0.2, 0) is 19.9 Å². The molecule has 1 aromatic heterocycles. The first kappa shape index (κ1) is 26.6. The molecule has 1 aromatic carbocycles. The Morgan fingerprint density at radius 3 is 2.37 bits per heavy atom. The lowest BCUT2D eigenvalue weighted by Crippen LogP contribution is -2.60. The van der Waals surface area contributed by atoms with Gasteiger partial charge in [-0.15, -0.1) is 13.2 Å². The van der Waals surface area contributed by atoms with Gasteiger partial charge in [-0.3, -0.25) is 19.5 Å². The van der Waals surface area contributed by atoms with Gasteiger partial charge in [-0.2, -0.15) is 0 Å². The third kappa shape index (κ3) is 6.37. The van der Waals surface area contributed by atoms with E-state index < -0.39 is 40.9 Å². The molecule has 2 amide bonds. The average Bonchev–Trinajstić information content (AvgIpc) is 2.79. The van der Waals surface area contributed by atoms with Crippen molar-refractivity contribution in [1.82, 2.24) is 10.3 Å². The first-order valence-electron chi connectivity index (χ1n) is 10.4. The van der Waals surface area contributed by atoms with Gasteiger partial charge in [0.25, 0.3) is 17.4 Å². The number of carbonyl (C=O) groups excluding carboxylic acids is 2. The van der Waals surface area contributed by atoms with Crippen molar-refractivity contribution in [3.05, 3.63) is 54.1 Å². The van der Waals surface area contributed by atoms with Crippen molar-refractivity contribution >= 4 is 29.1 Å². The third-order valence-electron chi connectivity index (χ3n) is 5.45. The maximum Gasteiger partial charge on any atom is 0.573 e. The fourth-order valence-corrected chi connectivity index (χ4v) is 3.81. The van der Waals surface area contributed by atoms with E-state index in [1.807, 2.05) is 0 Å². The van der Waals surface area contributed by atoms with E-state index in [0.717, 1.165) is 42.7 Å². The molecule has 0 aliphatic carbocycles. The van der Waals surface area contributed by atoms with Crippen LogP contribution < -0.4 is 15.0 Å². The van der Waals surface area contributed by atoms with Crippen molar-refractivity contribution in [3.63, 3.8) is 0 Å². The lowest BCUT2D eigenvalue weighted by atomic mass is 9.88. The lowest BCUT2D eigenvalue weighted by Gasteiger charge is -2.41. The van der Waals surface area contributed by atoms with Crippen molar-refractivity contribution in [2.45, 2.75) is 43.3 Å². The number of hydrogen-bond acceptors (Lipinski definition) is 5. The Hall–Kier alpha value is -2.99. The quantitative estimate of drug-likeness (QED) is 0.436. The van der Waals surface area contributed by atoms with Gasteiger partial charge in [0.05, 0.1) is 6.20 Å². The Balaban J connectivity index is 2.11. The molecule has 2 atom stereocenters. The van der Waals surface area contributed by atoms with Crippen LogP contribution in [0.25, 0.3) is 0 Å². The SMILES string of the molecule is CC(C(=O)NC1CCOCC1)(c1cncc(F)c1)N(C(=O)[C@H](F)Cl)c1ccc(OC(F)(F)F)cc1. The molecule has 35 heavy (non-hydrogen) atoms. The topological polar surface area (TPSA) is 80.8 Å². The van der Waals surface area contributed by atoms with E-state index in [1.54, 1.807) is 0 Å². The predicted octanol–water partition coefficient (Wildman–Crippen LogP) is 4.20. The summed E-state index contributed by atoms with van der Waals surface area (Å²) in [5.74, 6) is -3.66. The third-order valence-corrected chi connectivity index (χ3v) is 5.64.